The molecule has 3 heterocycles. The molecular weight excluding hydrogens is 385 g/mol. The van der Waals surface area contributed by atoms with Crippen molar-refractivity contribution in [3.05, 3.63) is 64.8 Å². The van der Waals surface area contributed by atoms with Gasteiger partial charge in [0.05, 0.1) is 16.6 Å². The summed E-state index contributed by atoms with van der Waals surface area (Å²) in [5.41, 5.74) is 2.22. The zero-order chi connectivity index (χ0) is 19.8. The Balaban J connectivity index is 1.40. The number of hydrogen-bond acceptors (Lipinski definition) is 4. The van der Waals surface area contributed by atoms with Crippen LogP contribution in [0, 0.1) is 18.7 Å². The number of benzene rings is 1. The van der Waals surface area contributed by atoms with Gasteiger partial charge in [-0.25, -0.2) is 9.37 Å². The van der Waals surface area contributed by atoms with Crippen LogP contribution in [0.5, 0.6) is 0 Å². The van der Waals surface area contributed by atoms with E-state index >= 15 is 0 Å². The van der Waals surface area contributed by atoms with Crippen LogP contribution >= 0.6 is 11.6 Å². The normalized spacial score (nSPS) is 16.8. The van der Waals surface area contributed by atoms with Crippen LogP contribution in [0.1, 0.15) is 17.7 Å². The largest absolute Gasteiger partial charge is 0.459 e. The molecule has 1 saturated heterocycles. The van der Waals surface area contributed by atoms with Crippen molar-refractivity contribution in [3.63, 3.8) is 0 Å². The molecule has 1 aliphatic rings. The second kappa shape index (κ2) is 7.24. The minimum absolute atomic E-state index is 0.00197. The molecule has 1 aromatic carbocycles. The van der Waals surface area contributed by atoms with Crippen molar-refractivity contribution >= 4 is 34.8 Å². The number of fused-ring (bicyclic) bond motifs is 1. The van der Waals surface area contributed by atoms with E-state index in [2.05, 4.69) is 4.98 Å². The summed E-state index contributed by atoms with van der Waals surface area (Å²) >= 11 is 5.94. The summed E-state index contributed by atoms with van der Waals surface area (Å²) in [5.74, 6) is -1.68. The van der Waals surface area contributed by atoms with E-state index in [0.29, 0.717) is 27.6 Å². The van der Waals surface area contributed by atoms with Crippen molar-refractivity contribution in [2.75, 3.05) is 11.4 Å². The number of hydrogen-bond donors (Lipinski definition) is 0. The SMILES string of the molecule is Cc1ccc(N2CC(C(=O)OCc3cn4cc(Cl)ccc4n3)CC2=O)cc1F. The number of esters is 1. The van der Waals surface area contributed by atoms with Crippen LogP contribution in [0.2, 0.25) is 5.02 Å². The average Bonchev–Trinajstić information content (AvgIpc) is 3.25. The zero-order valence-corrected chi connectivity index (χ0v) is 15.8. The molecular formula is C20H17ClFN3O3. The molecule has 4 rings (SSSR count). The Labute approximate surface area is 165 Å². The third-order valence-electron chi connectivity index (χ3n) is 4.75. The Hall–Kier alpha value is -2.93. The van der Waals surface area contributed by atoms with Gasteiger partial charge in [0, 0.05) is 31.0 Å². The predicted octanol–water partition coefficient (Wildman–Crippen LogP) is 3.53. The van der Waals surface area contributed by atoms with E-state index in [1.165, 1.54) is 11.0 Å². The highest BCUT2D eigenvalue weighted by Gasteiger charge is 2.36. The number of aryl methyl sites for hydroxylation is 1. The fourth-order valence-electron chi connectivity index (χ4n) is 3.21. The fourth-order valence-corrected chi connectivity index (χ4v) is 3.38. The maximum atomic E-state index is 13.8. The number of nitrogens with zero attached hydrogens (tertiary/aromatic N) is 3. The number of pyridine rings is 1. The first-order chi connectivity index (χ1) is 13.4. The van der Waals surface area contributed by atoms with Gasteiger partial charge in [-0.3, -0.25) is 9.59 Å². The van der Waals surface area contributed by atoms with Crippen molar-refractivity contribution in [2.24, 2.45) is 5.92 Å². The van der Waals surface area contributed by atoms with Crippen molar-refractivity contribution in [1.29, 1.82) is 0 Å². The van der Waals surface area contributed by atoms with Gasteiger partial charge < -0.3 is 14.0 Å². The summed E-state index contributed by atoms with van der Waals surface area (Å²) in [6, 6.07) is 8.09. The molecule has 1 unspecified atom stereocenters. The summed E-state index contributed by atoms with van der Waals surface area (Å²) in [4.78, 5) is 30.5. The molecule has 144 valence electrons. The molecule has 0 spiro atoms. The number of rotatable bonds is 4. The second-order valence-corrected chi connectivity index (χ2v) is 7.23. The third-order valence-corrected chi connectivity index (χ3v) is 4.98. The van der Waals surface area contributed by atoms with Gasteiger partial charge in [-0.2, -0.15) is 0 Å². The first-order valence-corrected chi connectivity index (χ1v) is 9.15. The molecule has 0 radical (unpaired) electrons. The van der Waals surface area contributed by atoms with Gasteiger partial charge in [0.2, 0.25) is 5.91 Å². The van der Waals surface area contributed by atoms with Crippen LogP contribution in [0.4, 0.5) is 10.1 Å². The van der Waals surface area contributed by atoms with Crippen LogP contribution < -0.4 is 4.90 Å². The monoisotopic (exact) mass is 401 g/mol. The minimum atomic E-state index is -0.594. The molecule has 0 N–H and O–H groups in total. The summed E-state index contributed by atoms with van der Waals surface area (Å²) in [7, 11) is 0. The van der Waals surface area contributed by atoms with Gasteiger partial charge in [-0.1, -0.05) is 17.7 Å². The fraction of sp³-hybridized carbons (Fsp3) is 0.250. The molecule has 28 heavy (non-hydrogen) atoms. The molecule has 6 nitrogen and oxygen atoms in total. The highest BCUT2D eigenvalue weighted by atomic mass is 35.5. The van der Waals surface area contributed by atoms with E-state index in [1.807, 2.05) is 0 Å². The molecule has 1 fully saturated rings. The van der Waals surface area contributed by atoms with E-state index in [0.717, 1.165) is 0 Å². The minimum Gasteiger partial charge on any atom is -0.459 e. The summed E-state index contributed by atoms with van der Waals surface area (Å²) in [6.45, 7) is 1.82. The molecule has 0 aliphatic carbocycles. The van der Waals surface area contributed by atoms with Gasteiger partial charge in [0.1, 0.15) is 18.1 Å². The van der Waals surface area contributed by atoms with Gasteiger partial charge in [0.25, 0.3) is 0 Å². The quantitative estimate of drug-likeness (QED) is 0.627. The highest BCUT2D eigenvalue weighted by molar-refractivity contribution is 6.30. The molecule has 0 saturated carbocycles. The average molecular weight is 402 g/mol. The number of anilines is 1. The number of imidazole rings is 1. The van der Waals surface area contributed by atoms with E-state index in [4.69, 9.17) is 16.3 Å². The van der Waals surface area contributed by atoms with E-state index in [1.54, 1.807) is 48.0 Å². The van der Waals surface area contributed by atoms with Gasteiger partial charge in [-0.15, -0.1) is 0 Å². The van der Waals surface area contributed by atoms with E-state index in [-0.39, 0.29) is 31.3 Å². The van der Waals surface area contributed by atoms with Crippen molar-refractivity contribution in [3.8, 4) is 0 Å². The Morgan fingerprint density at radius 2 is 2.14 bits per heavy atom. The lowest BCUT2D eigenvalue weighted by Gasteiger charge is -2.17. The smallest absolute Gasteiger partial charge is 0.311 e. The number of ether oxygens (including phenoxy) is 1. The summed E-state index contributed by atoms with van der Waals surface area (Å²) < 4.78 is 20.9. The molecule has 2 aromatic heterocycles. The van der Waals surface area contributed by atoms with Crippen LogP contribution in [-0.4, -0.2) is 27.8 Å². The molecule has 1 amide bonds. The number of aromatic nitrogens is 2. The highest BCUT2D eigenvalue weighted by Crippen LogP contribution is 2.27. The third kappa shape index (κ3) is 3.57. The Kier molecular flexibility index (Phi) is 4.77. The number of amides is 1. The first-order valence-electron chi connectivity index (χ1n) is 8.77. The Morgan fingerprint density at radius 3 is 2.93 bits per heavy atom. The molecule has 3 aromatic rings. The Morgan fingerprint density at radius 1 is 1.32 bits per heavy atom. The van der Waals surface area contributed by atoms with Crippen molar-refractivity contribution in [1.82, 2.24) is 9.38 Å². The first kappa shape index (κ1) is 18.4. The molecule has 1 aliphatic heterocycles. The van der Waals surface area contributed by atoms with Crippen LogP contribution in [0.3, 0.4) is 0 Å². The second-order valence-electron chi connectivity index (χ2n) is 6.79. The maximum absolute atomic E-state index is 13.8. The Bertz CT molecular complexity index is 1080. The number of carbonyl (C=O) groups is 2. The zero-order valence-electron chi connectivity index (χ0n) is 15.1. The number of carbonyl (C=O) groups excluding carboxylic acids is 2. The van der Waals surface area contributed by atoms with Gasteiger partial charge >= 0.3 is 5.97 Å². The van der Waals surface area contributed by atoms with Crippen molar-refractivity contribution in [2.45, 2.75) is 20.0 Å². The van der Waals surface area contributed by atoms with Gasteiger partial charge in [-0.05, 0) is 36.8 Å². The van der Waals surface area contributed by atoms with Crippen LogP contribution in [0.25, 0.3) is 5.65 Å². The van der Waals surface area contributed by atoms with Gasteiger partial charge in [0.15, 0.2) is 0 Å². The number of halogens is 2. The van der Waals surface area contributed by atoms with Crippen LogP contribution in [0.15, 0.2) is 42.7 Å². The lowest BCUT2D eigenvalue weighted by Crippen LogP contribution is -2.26. The lowest BCUT2D eigenvalue weighted by molar-refractivity contribution is -0.149. The maximum Gasteiger partial charge on any atom is 0.311 e. The van der Waals surface area contributed by atoms with Crippen molar-refractivity contribution < 1.29 is 18.7 Å². The summed E-state index contributed by atoms with van der Waals surface area (Å²) in [5, 5.41) is 0.575. The predicted molar refractivity (Wildman–Crippen MR) is 102 cm³/mol. The van der Waals surface area contributed by atoms with Crippen LogP contribution in [-0.2, 0) is 20.9 Å². The van der Waals surface area contributed by atoms with E-state index in [9.17, 15) is 14.0 Å². The standard InChI is InChI=1S/C20H17ClFN3O3/c1-12-2-4-16(7-17(12)22)25-8-13(6-19(25)26)20(27)28-11-15-10-24-9-14(21)3-5-18(24)23-15/h2-5,7,9-10,13H,6,8,11H2,1H3. The summed E-state index contributed by atoms with van der Waals surface area (Å²) in [6.07, 6.45) is 3.48. The molecule has 8 heteroatoms. The lowest BCUT2D eigenvalue weighted by atomic mass is 10.1. The van der Waals surface area contributed by atoms with E-state index < -0.39 is 11.9 Å². The topological polar surface area (TPSA) is 63.9 Å². The molecule has 1 atom stereocenters. The molecule has 0 bridgehead atoms.